The first-order valence-electron chi connectivity index (χ1n) is 8.08. The summed E-state index contributed by atoms with van der Waals surface area (Å²) in [6.07, 6.45) is 0. The second-order valence-corrected chi connectivity index (χ2v) is 6.13. The van der Waals surface area contributed by atoms with E-state index in [1.165, 1.54) is 7.11 Å². The van der Waals surface area contributed by atoms with Crippen LogP contribution in [-0.4, -0.2) is 27.7 Å². The molecule has 0 aliphatic rings. The Labute approximate surface area is 160 Å². The standard InChI is InChI=1S/C19H17N3O4S/c1-12-17(22-27-21-12)11-26-14-7-5-6-13(10-14)18(23)20-16-9-4-3-8-15(16)19(24)25-2/h3-10H,11H2,1-2H3,(H,20,23). The van der Waals surface area contributed by atoms with Gasteiger partial charge in [-0.1, -0.05) is 18.2 Å². The molecule has 2 aromatic carbocycles. The zero-order chi connectivity index (χ0) is 19.2. The van der Waals surface area contributed by atoms with E-state index in [0.717, 1.165) is 23.1 Å². The van der Waals surface area contributed by atoms with Gasteiger partial charge in [0.1, 0.15) is 18.1 Å². The van der Waals surface area contributed by atoms with Crippen LogP contribution >= 0.6 is 11.7 Å². The third-order valence-electron chi connectivity index (χ3n) is 3.80. The normalized spacial score (nSPS) is 10.3. The molecule has 0 bridgehead atoms. The van der Waals surface area contributed by atoms with Crippen molar-refractivity contribution in [3.8, 4) is 5.75 Å². The lowest BCUT2D eigenvalue weighted by atomic mass is 10.1. The summed E-state index contributed by atoms with van der Waals surface area (Å²) in [6, 6.07) is 13.4. The van der Waals surface area contributed by atoms with E-state index in [-0.39, 0.29) is 18.1 Å². The van der Waals surface area contributed by atoms with E-state index in [1.807, 2.05) is 6.92 Å². The highest BCUT2D eigenvalue weighted by molar-refractivity contribution is 6.99. The van der Waals surface area contributed by atoms with Crippen LogP contribution in [0.15, 0.2) is 48.5 Å². The summed E-state index contributed by atoms with van der Waals surface area (Å²) >= 11 is 1.13. The number of rotatable bonds is 6. The molecule has 138 valence electrons. The van der Waals surface area contributed by atoms with Crippen molar-refractivity contribution < 1.29 is 19.1 Å². The van der Waals surface area contributed by atoms with Gasteiger partial charge in [-0.15, -0.1) is 0 Å². The Morgan fingerprint density at radius 2 is 1.93 bits per heavy atom. The SMILES string of the molecule is COC(=O)c1ccccc1NC(=O)c1cccc(OCc2nsnc2C)c1. The largest absolute Gasteiger partial charge is 0.487 e. The molecule has 1 amide bonds. The summed E-state index contributed by atoms with van der Waals surface area (Å²) < 4.78 is 18.7. The number of aromatic nitrogens is 2. The highest BCUT2D eigenvalue weighted by atomic mass is 32.1. The van der Waals surface area contributed by atoms with Crippen LogP contribution in [-0.2, 0) is 11.3 Å². The molecule has 0 spiro atoms. The number of methoxy groups -OCH3 is 1. The molecule has 0 unspecified atom stereocenters. The lowest BCUT2D eigenvalue weighted by molar-refractivity contribution is 0.0602. The number of carbonyl (C=O) groups is 2. The topological polar surface area (TPSA) is 90.4 Å². The second kappa shape index (κ2) is 8.41. The Morgan fingerprint density at radius 1 is 1.11 bits per heavy atom. The Bertz CT molecular complexity index is 971. The average Bonchev–Trinajstić information content (AvgIpc) is 3.11. The second-order valence-electron chi connectivity index (χ2n) is 5.60. The van der Waals surface area contributed by atoms with Crippen molar-refractivity contribution in [2.75, 3.05) is 12.4 Å². The van der Waals surface area contributed by atoms with Gasteiger partial charge in [0.05, 0.1) is 35.8 Å². The minimum Gasteiger partial charge on any atom is -0.487 e. The minimum absolute atomic E-state index is 0.276. The quantitative estimate of drug-likeness (QED) is 0.656. The van der Waals surface area contributed by atoms with Gasteiger partial charge in [0.25, 0.3) is 5.91 Å². The monoisotopic (exact) mass is 383 g/mol. The first kappa shape index (κ1) is 18.5. The Balaban J connectivity index is 1.72. The van der Waals surface area contributed by atoms with Crippen molar-refractivity contribution in [2.24, 2.45) is 0 Å². The third-order valence-corrected chi connectivity index (χ3v) is 4.46. The molecule has 8 heteroatoms. The van der Waals surface area contributed by atoms with Crippen molar-refractivity contribution >= 4 is 29.3 Å². The van der Waals surface area contributed by atoms with E-state index in [9.17, 15) is 9.59 Å². The summed E-state index contributed by atoms with van der Waals surface area (Å²) in [5.74, 6) is -0.338. The fourth-order valence-electron chi connectivity index (χ4n) is 2.33. The number of esters is 1. The highest BCUT2D eigenvalue weighted by Crippen LogP contribution is 2.20. The van der Waals surface area contributed by atoms with Gasteiger partial charge in [0.15, 0.2) is 0 Å². The van der Waals surface area contributed by atoms with Crippen LogP contribution in [0.5, 0.6) is 5.75 Å². The van der Waals surface area contributed by atoms with E-state index < -0.39 is 5.97 Å². The highest BCUT2D eigenvalue weighted by Gasteiger charge is 2.15. The summed E-state index contributed by atoms with van der Waals surface area (Å²) in [5, 5.41) is 2.73. The number of amides is 1. The summed E-state index contributed by atoms with van der Waals surface area (Å²) in [4.78, 5) is 24.4. The van der Waals surface area contributed by atoms with Crippen molar-refractivity contribution in [2.45, 2.75) is 13.5 Å². The lowest BCUT2D eigenvalue weighted by Crippen LogP contribution is -2.15. The minimum atomic E-state index is -0.518. The number of para-hydroxylation sites is 1. The van der Waals surface area contributed by atoms with Gasteiger partial charge in [-0.2, -0.15) is 8.75 Å². The number of carbonyl (C=O) groups excluding carboxylic acids is 2. The molecule has 1 aromatic heterocycles. The van der Waals surface area contributed by atoms with Gasteiger partial charge in [-0.3, -0.25) is 4.79 Å². The Hall–Kier alpha value is -3.26. The predicted molar refractivity (Wildman–Crippen MR) is 101 cm³/mol. The number of hydrogen-bond acceptors (Lipinski definition) is 7. The smallest absolute Gasteiger partial charge is 0.339 e. The molecule has 7 nitrogen and oxygen atoms in total. The van der Waals surface area contributed by atoms with Gasteiger partial charge < -0.3 is 14.8 Å². The molecular weight excluding hydrogens is 366 g/mol. The van der Waals surface area contributed by atoms with Gasteiger partial charge >= 0.3 is 5.97 Å². The zero-order valence-electron chi connectivity index (χ0n) is 14.8. The third kappa shape index (κ3) is 4.48. The van der Waals surface area contributed by atoms with Crippen LogP contribution < -0.4 is 10.1 Å². The van der Waals surface area contributed by atoms with Crippen LogP contribution in [0.1, 0.15) is 32.1 Å². The molecule has 0 saturated carbocycles. The fourth-order valence-corrected chi connectivity index (χ4v) is 2.89. The van der Waals surface area contributed by atoms with Crippen molar-refractivity contribution in [3.05, 3.63) is 71.0 Å². The number of nitrogens with zero attached hydrogens (tertiary/aromatic N) is 2. The first-order chi connectivity index (χ1) is 13.1. The van der Waals surface area contributed by atoms with E-state index in [0.29, 0.717) is 17.0 Å². The molecule has 1 heterocycles. The number of ether oxygens (including phenoxy) is 2. The van der Waals surface area contributed by atoms with Crippen LogP contribution in [0.25, 0.3) is 0 Å². The molecule has 0 aliphatic heterocycles. The molecule has 27 heavy (non-hydrogen) atoms. The van der Waals surface area contributed by atoms with Crippen LogP contribution in [0.4, 0.5) is 5.69 Å². The number of hydrogen-bond donors (Lipinski definition) is 1. The van der Waals surface area contributed by atoms with E-state index in [4.69, 9.17) is 9.47 Å². The molecule has 0 fully saturated rings. The molecule has 0 atom stereocenters. The van der Waals surface area contributed by atoms with Crippen LogP contribution in [0, 0.1) is 6.92 Å². The van der Waals surface area contributed by atoms with Gasteiger partial charge in [-0.25, -0.2) is 4.79 Å². The average molecular weight is 383 g/mol. The molecular formula is C19H17N3O4S. The van der Waals surface area contributed by atoms with E-state index >= 15 is 0 Å². The van der Waals surface area contributed by atoms with Gasteiger partial charge in [0, 0.05) is 5.56 Å². The molecule has 1 N–H and O–H groups in total. The maximum atomic E-state index is 12.6. The van der Waals surface area contributed by atoms with Crippen LogP contribution in [0.3, 0.4) is 0 Å². The van der Waals surface area contributed by atoms with Gasteiger partial charge in [0.2, 0.25) is 0 Å². The lowest BCUT2D eigenvalue weighted by Gasteiger charge is -2.11. The maximum Gasteiger partial charge on any atom is 0.339 e. The Kier molecular flexibility index (Phi) is 5.77. The summed E-state index contributed by atoms with van der Waals surface area (Å²) in [6.45, 7) is 2.14. The van der Waals surface area contributed by atoms with E-state index in [1.54, 1.807) is 48.5 Å². The molecule has 3 aromatic rings. The van der Waals surface area contributed by atoms with Crippen molar-refractivity contribution in [1.29, 1.82) is 0 Å². The number of aryl methyl sites for hydroxylation is 1. The first-order valence-corrected chi connectivity index (χ1v) is 8.81. The fraction of sp³-hybridized carbons (Fsp3) is 0.158. The number of benzene rings is 2. The molecule has 0 aliphatic carbocycles. The summed E-state index contributed by atoms with van der Waals surface area (Å²) in [5.41, 5.74) is 2.66. The molecule has 0 radical (unpaired) electrons. The summed E-state index contributed by atoms with van der Waals surface area (Å²) in [7, 11) is 1.29. The zero-order valence-corrected chi connectivity index (χ0v) is 15.6. The Morgan fingerprint density at radius 3 is 2.67 bits per heavy atom. The maximum absolute atomic E-state index is 12.6. The van der Waals surface area contributed by atoms with Crippen molar-refractivity contribution in [3.63, 3.8) is 0 Å². The van der Waals surface area contributed by atoms with Crippen molar-refractivity contribution in [1.82, 2.24) is 8.75 Å². The molecule has 3 rings (SSSR count). The number of anilines is 1. The number of nitrogens with one attached hydrogen (secondary N) is 1. The van der Waals surface area contributed by atoms with Gasteiger partial charge in [-0.05, 0) is 37.3 Å². The van der Waals surface area contributed by atoms with Crippen LogP contribution in [0.2, 0.25) is 0 Å². The predicted octanol–water partition coefficient (Wildman–Crippen LogP) is 3.46. The molecule has 0 saturated heterocycles. The van der Waals surface area contributed by atoms with E-state index in [2.05, 4.69) is 14.1 Å².